The molecule has 2 unspecified atom stereocenters. The van der Waals surface area contributed by atoms with Crippen LogP contribution in [-0.4, -0.2) is 19.5 Å². The van der Waals surface area contributed by atoms with E-state index in [2.05, 4.69) is 38.5 Å². The van der Waals surface area contributed by atoms with Gasteiger partial charge in [0, 0.05) is 45.9 Å². The van der Waals surface area contributed by atoms with Crippen LogP contribution in [0.5, 0.6) is 0 Å². The quantitative estimate of drug-likeness (QED) is 0.606. The van der Waals surface area contributed by atoms with Crippen LogP contribution in [-0.2, 0) is 23.3 Å². The van der Waals surface area contributed by atoms with Crippen molar-refractivity contribution >= 4 is 22.7 Å². The van der Waals surface area contributed by atoms with E-state index in [-0.39, 0.29) is 11.5 Å². The summed E-state index contributed by atoms with van der Waals surface area (Å²) in [6.45, 7) is 7.79. The molecule has 2 heterocycles. The minimum absolute atomic E-state index is 0.157. The third kappa shape index (κ3) is 5.11. The number of rotatable bonds is 6. The molecule has 0 fully saturated rings. The zero-order valence-electron chi connectivity index (χ0n) is 17.0. The molecular weight excluding hydrogens is 404 g/mol. The topological polar surface area (TPSA) is 108 Å². The molecule has 6 nitrogen and oxygen atoms in total. The highest BCUT2D eigenvalue weighted by Gasteiger charge is 2.39. The normalized spacial score (nSPS) is 20.0. The summed E-state index contributed by atoms with van der Waals surface area (Å²) >= 11 is 0.314. The van der Waals surface area contributed by atoms with Crippen molar-refractivity contribution in [3.8, 4) is 6.07 Å². The molecule has 0 spiro atoms. The number of nitrogens with zero attached hydrogens (tertiary/aromatic N) is 1. The Kier molecular flexibility index (Phi) is 6.24. The molecule has 0 saturated carbocycles. The number of thiophene rings is 1. The maximum Gasteiger partial charge on any atom is 0.264 e. The summed E-state index contributed by atoms with van der Waals surface area (Å²) in [6.07, 6.45) is 7.06. The minimum atomic E-state index is -1.29. The smallest absolute Gasteiger partial charge is 0.264 e. The van der Waals surface area contributed by atoms with Crippen LogP contribution in [0.25, 0.3) is 0 Å². The number of hydrogen-bond acceptors (Lipinski definition) is 5. The number of allylic oxidation sites excluding steroid dienone is 4. The van der Waals surface area contributed by atoms with Gasteiger partial charge in [0.15, 0.2) is 0 Å². The van der Waals surface area contributed by atoms with E-state index < -0.39 is 21.6 Å². The maximum absolute atomic E-state index is 12.9. The summed E-state index contributed by atoms with van der Waals surface area (Å²) < 4.78 is 15.8. The van der Waals surface area contributed by atoms with Gasteiger partial charge in [-0.1, -0.05) is 12.2 Å². The monoisotopic (exact) mass is 430 g/mol. The average Bonchev–Trinajstić information content (AvgIpc) is 3.30. The molecule has 0 radical (unpaired) electrons. The summed E-state index contributed by atoms with van der Waals surface area (Å²) in [7, 11) is 0. The van der Waals surface area contributed by atoms with Crippen molar-refractivity contribution in [3.05, 3.63) is 67.8 Å². The Morgan fingerprint density at radius 1 is 1.34 bits per heavy atom. The van der Waals surface area contributed by atoms with Crippen LogP contribution >= 0.6 is 11.3 Å². The lowest BCUT2D eigenvalue weighted by Gasteiger charge is -2.34. The van der Waals surface area contributed by atoms with Crippen molar-refractivity contribution in [1.29, 1.82) is 5.26 Å². The second-order valence-electron chi connectivity index (χ2n) is 8.52. The highest BCUT2D eigenvalue weighted by atomic mass is 32.2. The van der Waals surface area contributed by atoms with Crippen molar-refractivity contribution in [2.45, 2.75) is 56.7 Å². The molecule has 0 aliphatic heterocycles. The first-order valence-corrected chi connectivity index (χ1v) is 11.5. The van der Waals surface area contributed by atoms with Crippen LogP contribution in [0.2, 0.25) is 0 Å². The van der Waals surface area contributed by atoms with Crippen LogP contribution in [0.4, 0.5) is 0 Å². The third-order valence-electron chi connectivity index (χ3n) is 4.89. The Balaban J connectivity index is 1.91. The fourth-order valence-electron chi connectivity index (χ4n) is 3.21. The van der Waals surface area contributed by atoms with Gasteiger partial charge < -0.3 is 9.65 Å². The second-order valence-corrected chi connectivity index (χ2v) is 11.4. The van der Waals surface area contributed by atoms with Crippen LogP contribution in [0.3, 0.4) is 0 Å². The molecule has 154 valence electrons. The molecular formula is C21H26N4O2S2. The van der Waals surface area contributed by atoms with Crippen molar-refractivity contribution in [2.24, 2.45) is 0 Å². The van der Waals surface area contributed by atoms with E-state index in [0.717, 1.165) is 21.7 Å². The summed E-state index contributed by atoms with van der Waals surface area (Å²) in [5.74, 6) is 0.157. The molecule has 0 saturated heterocycles. The lowest BCUT2D eigenvalue weighted by atomic mass is 9.88. The number of nitriles is 1. The predicted molar refractivity (Wildman–Crippen MR) is 118 cm³/mol. The fourth-order valence-corrected chi connectivity index (χ4v) is 5.26. The molecule has 1 aliphatic carbocycles. The summed E-state index contributed by atoms with van der Waals surface area (Å²) in [4.78, 5) is 12.6. The molecule has 3 N–H and O–H groups in total. The van der Waals surface area contributed by atoms with E-state index >= 15 is 0 Å². The maximum atomic E-state index is 12.9. The molecule has 29 heavy (non-hydrogen) atoms. The van der Waals surface area contributed by atoms with Crippen molar-refractivity contribution in [1.82, 2.24) is 14.9 Å². The number of nitrogens with one attached hydrogen (secondary N) is 3. The van der Waals surface area contributed by atoms with E-state index in [1.807, 2.05) is 39.8 Å². The number of H-pyrrole nitrogens is 2. The average molecular weight is 431 g/mol. The summed E-state index contributed by atoms with van der Waals surface area (Å²) in [5.41, 5.74) is 1.84. The summed E-state index contributed by atoms with van der Waals surface area (Å²) in [6, 6.07) is 5.89. The fraction of sp³-hybridized carbons (Fsp3) is 0.429. The molecule has 0 bridgehead atoms. The molecule has 3 rings (SSSR count). The number of aromatic nitrogens is 2. The standard InChI is InChI=1S/C21H26N4O2S2/c1-20(2,3)29(27)25-21(4,11-17-10-19(26)24-23-17)18-9-16(13-28-18)15-7-5-6-14(8-15)12-22/h5-7,9-10,13,15,25H,8,11H2,1-4H3,(H2,23,24,26)/t15?,21-,29?/m0/s1. The molecule has 2 aromatic rings. The van der Waals surface area contributed by atoms with Crippen molar-refractivity contribution in [2.75, 3.05) is 0 Å². The first-order valence-electron chi connectivity index (χ1n) is 9.43. The van der Waals surface area contributed by atoms with Gasteiger partial charge in [0.05, 0.1) is 6.07 Å². The van der Waals surface area contributed by atoms with Gasteiger partial charge in [-0.3, -0.25) is 9.89 Å². The summed E-state index contributed by atoms with van der Waals surface area (Å²) in [5, 5.41) is 16.8. The van der Waals surface area contributed by atoms with Gasteiger partial charge in [-0.2, -0.15) is 5.26 Å². The molecule has 3 atom stereocenters. The molecule has 2 aromatic heterocycles. The third-order valence-corrected chi connectivity index (χ3v) is 7.85. The predicted octanol–water partition coefficient (Wildman–Crippen LogP) is 3.77. The van der Waals surface area contributed by atoms with Crippen molar-refractivity contribution in [3.63, 3.8) is 0 Å². The van der Waals surface area contributed by atoms with Crippen LogP contribution < -0.4 is 10.3 Å². The van der Waals surface area contributed by atoms with E-state index in [0.29, 0.717) is 12.8 Å². The molecule has 0 aromatic carbocycles. The number of hydrogen-bond donors (Lipinski definition) is 3. The Bertz CT molecular complexity index is 1020. The van der Waals surface area contributed by atoms with E-state index in [4.69, 9.17) is 0 Å². The Morgan fingerprint density at radius 2 is 2.10 bits per heavy atom. The Labute approximate surface area is 178 Å². The first-order chi connectivity index (χ1) is 13.6. The van der Waals surface area contributed by atoms with Crippen molar-refractivity contribution < 1.29 is 4.55 Å². The zero-order valence-corrected chi connectivity index (χ0v) is 18.7. The largest absolute Gasteiger partial charge is 0.598 e. The van der Waals surface area contributed by atoms with Gasteiger partial charge in [0.1, 0.15) is 10.3 Å². The molecule has 0 amide bonds. The van der Waals surface area contributed by atoms with Gasteiger partial charge in [0.25, 0.3) is 5.56 Å². The SMILES string of the molecule is CC(C)(C)[S+]([O-])N[C@@](C)(Cc1cc(=O)[nH][nH]1)c1cc(C2C=CC=C(C#N)C2)cs1. The highest BCUT2D eigenvalue weighted by molar-refractivity contribution is 7.90. The highest BCUT2D eigenvalue weighted by Crippen LogP contribution is 2.37. The van der Waals surface area contributed by atoms with E-state index in [1.165, 1.54) is 6.07 Å². The van der Waals surface area contributed by atoms with Crippen LogP contribution in [0.1, 0.15) is 56.2 Å². The minimum Gasteiger partial charge on any atom is -0.598 e. The second kappa shape index (κ2) is 8.36. The van der Waals surface area contributed by atoms with Gasteiger partial charge in [-0.15, -0.1) is 16.1 Å². The van der Waals surface area contributed by atoms with Crippen LogP contribution in [0.15, 0.2) is 46.1 Å². The Hall–Kier alpha value is -2.05. The van der Waals surface area contributed by atoms with Gasteiger partial charge >= 0.3 is 0 Å². The lowest BCUT2D eigenvalue weighted by Crippen LogP contribution is -2.50. The van der Waals surface area contributed by atoms with Gasteiger partial charge in [-0.05, 0) is 57.2 Å². The Morgan fingerprint density at radius 3 is 2.72 bits per heavy atom. The number of aromatic amines is 2. The first kappa shape index (κ1) is 21.7. The van der Waals surface area contributed by atoms with E-state index in [9.17, 15) is 14.6 Å². The lowest BCUT2D eigenvalue weighted by molar-refractivity contribution is 0.421. The molecule has 8 heteroatoms. The van der Waals surface area contributed by atoms with Crippen LogP contribution in [0, 0.1) is 11.3 Å². The zero-order chi connectivity index (χ0) is 21.2. The molecule has 1 aliphatic rings. The van der Waals surface area contributed by atoms with Gasteiger partial charge in [0.2, 0.25) is 0 Å². The van der Waals surface area contributed by atoms with E-state index in [1.54, 1.807) is 11.3 Å². The van der Waals surface area contributed by atoms with Gasteiger partial charge in [-0.25, -0.2) is 0 Å².